The zero-order valence-electron chi connectivity index (χ0n) is 13.3. The van der Waals surface area contributed by atoms with Gasteiger partial charge in [0.05, 0.1) is 5.25 Å². The average molecular weight is 390 g/mol. The normalized spacial score (nSPS) is 12.6. The van der Waals surface area contributed by atoms with Crippen LogP contribution in [0.4, 0.5) is 18.3 Å². The molecule has 0 saturated heterocycles. The number of hydrogen-bond acceptors (Lipinski definition) is 6. The van der Waals surface area contributed by atoms with E-state index in [1.165, 1.54) is 23.8 Å². The Morgan fingerprint density at radius 2 is 2.00 bits per heavy atom. The SMILES string of the molecule is C[C@H](Sc1nnc(NCCc2ccccc2)s1)C(=O)NCC(F)(F)F. The molecule has 0 saturated carbocycles. The van der Waals surface area contributed by atoms with E-state index in [2.05, 4.69) is 15.5 Å². The lowest BCUT2D eigenvalue weighted by molar-refractivity contribution is -0.137. The molecule has 1 heterocycles. The number of thioether (sulfide) groups is 1. The van der Waals surface area contributed by atoms with Gasteiger partial charge in [0, 0.05) is 6.54 Å². The minimum absolute atomic E-state index is 0.525. The number of hydrogen-bond donors (Lipinski definition) is 2. The van der Waals surface area contributed by atoms with Crippen LogP contribution in [-0.4, -0.2) is 40.6 Å². The van der Waals surface area contributed by atoms with Crippen LogP contribution in [-0.2, 0) is 11.2 Å². The summed E-state index contributed by atoms with van der Waals surface area (Å²) in [7, 11) is 0. The van der Waals surface area contributed by atoms with Gasteiger partial charge in [0.2, 0.25) is 11.0 Å². The van der Waals surface area contributed by atoms with Gasteiger partial charge in [0.1, 0.15) is 6.54 Å². The van der Waals surface area contributed by atoms with Crippen molar-refractivity contribution in [2.45, 2.75) is 29.1 Å². The summed E-state index contributed by atoms with van der Waals surface area (Å²) in [4.78, 5) is 11.6. The van der Waals surface area contributed by atoms with Crippen LogP contribution in [0, 0.1) is 0 Å². The first-order chi connectivity index (χ1) is 11.8. The standard InChI is InChI=1S/C15H17F3N4OS2/c1-10(12(23)20-9-15(16,17)18)24-14-22-21-13(25-14)19-8-7-11-5-3-2-4-6-11/h2-6,10H,7-9H2,1H3,(H,19,21)(H,20,23)/t10-/m0/s1. The van der Waals surface area contributed by atoms with Gasteiger partial charge in [0.25, 0.3) is 0 Å². The number of nitrogens with one attached hydrogen (secondary N) is 2. The van der Waals surface area contributed by atoms with Crippen LogP contribution in [0.25, 0.3) is 0 Å². The minimum atomic E-state index is -4.42. The predicted octanol–water partition coefficient (Wildman–Crippen LogP) is 3.35. The number of alkyl halides is 3. The first kappa shape index (κ1) is 19.5. The summed E-state index contributed by atoms with van der Waals surface area (Å²) in [6, 6.07) is 9.96. The highest BCUT2D eigenvalue weighted by atomic mass is 32.2. The van der Waals surface area contributed by atoms with E-state index in [0.717, 1.165) is 18.2 Å². The van der Waals surface area contributed by atoms with E-state index in [4.69, 9.17) is 0 Å². The number of benzene rings is 1. The van der Waals surface area contributed by atoms with Crippen LogP contribution in [0.15, 0.2) is 34.7 Å². The highest BCUT2D eigenvalue weighted by molar-refractivity contribution is 8.02. The second-order valence-corrected chi connectivity index (χ2v) is 7.69. The number of aromatic nitrogens is 2. The number of rotatable bonds is 8. The quantitative estimate of drug-likeness (QED) is 0.677. The highest BCUT2D eigenvalue weighted by Crippen LogP contribution is 2.29. The molecule has 1 atom stereocenters. The molecule has 1 aromatic heterocycles. The Kier molecular flexibility index (Phi) is 7.06. The fraction of sp³-hybridized carbons (Fsp3) is 0.400. The summed E-state index contributed by atoms with van der Waals surface area (Å²) < 4.78 is 36.8. The first-order valence-electron chi connectivity index (χ1n) is 7.46. The van der Waals surface area contributed by atoms with E-state index in [-0.39, 0.29) is 0 Å². The van der Waals surface area contributed by atoms with E-state index in [1.807, 2.05) is 35.6 Å². The Labute approximate surface area is 151 Å². The molecule has 2 N–H and O–H groups in total. The Hall–Kier alpha value is -1.81. The average Bonchev–Trinajstić information content (AvgIpc) is 3.00. The van der Waals surface area contributed by atoms with Crippen molar-refractivity contribution >= 4 is 34.1 Å². The maximum absolute atomic E-state index is 12.1. The number of halogens is 3. The molecule has 1 amide bonds. The second-order valence-electron chi connectivity index (χ2n) is 5.13. The molecule has 2 aromatic rings. The molecule has 136 valence electrons. The lowest BCUT2D eigenvalue weighted by Crippen LogP contribution is -2.37. The molecule has 0 fully saturated rings. The van der Waals surface area contributed by atoms with Gasteiger partial charge in [0.15, 0.2) is 4.34 Å². The Balaban J connectivity index is 1.75. The van der Waals surface area contributed by atoms with Crippen molar-refractivity contribution in [3.05, 3.63) is 35.9 Å². The van der Waals surface area contributed by atoms with Crippen molar-refractivity contribution in [1.29, 1.82) is 0 Å². The molecule has 0 aliphatic heterocycles. The maximum atomic E-state index is 12.1. The highest BCUT2D eigenvalue weighted by Gasteiger charge is 2.29. The van der Waals surface area contributed by atoms with Crippen LogP contribution < -0.4 is 10.6 Å². The first-order valence-corrected chi connectivity index (χ1v) is 9.15. The smallest absolute Gasteiger partial charge is 0.360 e. The minimum Gasteiger partial charge on any atom is -0.360 e. The summed E-state index contributed by atoms with van der Waals surface area (Å²) in [6.45, 7) is 0.879. The Morgan fingerprint density at radius 1 is 1.28 bits per heavy atom. The summed E-state index contributed by atoms with van der Waals surface area (Å²) >= 11 is 2.34. The van der Waals surface area contributed by atoms with Crippen molar-refractivity contribution in [3.63, 3.8) is 0 Å². The zero-order chi connectivity index (χ0) is 18.3. The van der Waals surface area contributed by atoms with Crippen LogP contribution in [0.3, 0.4) is 0 Å². The van der Waals surface area contributed by atoms with Gasteiger partial charge in [-0.05, 0) is 18.9 Å². The van der Waals surface area contributed by atoms with E-state index in [1.54, 1.807) is 0 Å². The molecule has 0 aliphatic carbocycles. The monoisotopic (exact) mass is 390 g/mol. The van der Waals surface area contributed by atoms with E-state index in [0.29, 0.717) is 16.0 Å². The van der Waals surface area contributed by atoms with Crippen molar-refractivity contribution in [2.75, 3.05) is 18.4 Å². The molecule has 10 heteroatoms. The summed E-state index contributed by atoms with van der Waals surface area (Å²) in [6.07, 6.45) is -3.59. The maximum Gasteiger partial charge on any atom is 0.405 e. The largest absolute Gasteiger partial charge is 0.405 e. The van der Waals surface area contributed by atoms with E-state index in [9.17, 15) is 18.0 Å². The Morgan fingerprint density at radius 3 is 2.68 bits per heavy atom. The summed E-state index contributed by atoms with van der Waals surface area (Å²) in [5, 5.41) is 12.8. The molecule has 0 unspecified atom stereocenters. The van der Waals surface area contributed by atoms with Crippen LogP contribution in [0.5, 0.6) is 0 Å². The molecular weight excluding hydrogens is 373 g/mol. The van der Waals surface area contributed by atoms with E-state index >= 15 is 0 Å². The van der Waals surface area contributed by atoms with Gasteiger partial charge in [-0.1, -0.05) is 53.4 Å². The molecule has 1 aromatic carbocycles. The van der Waals surface area contributed by atoms with Crippen LogP contribution in [0.2, 0.25) is 0 Å². The number of amides is 1. The van der Waals surface area contributed by atoms with Gasteiger partial charge < -0.3 is 10.6 Å². The number of carbonyl (C=O) groups excluding carboxylic acids is 1. The number of nitrogens with zero attached hydrogens (tertiary/aromatic N) is 2. The van der Waals surface area contributed by atoms with E-state index < -0.39 is 23.9 Å². The number of carbonyl (C=O) groups is 1. The molecule has 0 spiro atoms. The topological polar surface area (TPSA) is 66.9 Å². The lowest BCUT2D eigenvalue weighted by atomic mass is 10.2. The third-order valence-electron chi connectivity index (χ3n) is 3.05. The molecule has 0 radical (unpaired) electrons. The third kappa shape index (κ3) is 7.30. The fourth-order valence-electron chi connectivity index (χ4n) is 1.82. The Bertz CT molecular complexity index is 679. The van der Waals surface area contributed by atoms with Crippen LogP contribution >= 0.6 is 23.1 Å². The molecule has 0 aliphatic rings. The van der Waals surface area contributed by atoms with Crippen molar-refractivity contribution in [1.82, 2.24) is 15.5 Å². The molecule has 0 bridgehead atoms. The van der Waals surface area contributed by atoms with Gasteiger partial charge in [-0.25, -0.2) is 0 Å². The van der Waals surface area contributed by atoms with Crippen LogP contribution in [0.1, 0.15) is 12.5 Å². The third-order valence-corrected chi connectivity index (χ3v) is 5.11. The lowest BCUT2D eigenvalue weighted by Gasteiger charge is -2.11. The van der Waals surface area contributed by atoms with Gasteiger partial charge in [-0.3, -0.25) is 4.79 Å². The van der Waals surface area contributed by atoms with Gasteiger partial charge in [-0.2, -0.15) is 13.2 Å². The van der Waals surface area contributed by atoms with Crippen molar-refractivity contribution in [2.24, 2.45) is 0 Å². The number of anilines is 1. The zero-order valence-corrected chi connectivity index (χ0v) is 15.0. The molecule has 2 rings (SSSR count). The van der Waals surface area contributed by atoms with Crippen molar-refractivity contribution < 1.29 is 18.0 Å². The van der Waals surface area contributed by atoms with Crippen molar-refractivity contribution in [3.8, 4) is 0 Å². The molecular formula is C15H17F3N4OS2. The van der Waals surface area contributed by atoms with Gasteiger partial charge >= 0.3 is 6.18 Å². The summed E-state index contributed by atoms with van der Waals surface area (Å²) in [5.74, 6) is -0.684. The summed E-state index contributed by atoms with van der Waals surface area (Å²) in [5.41, 5.74) is 1.20. The fourth-order valence-corrected chi connectivity index (χ4v) is 3.77. The predicted molar refractivity (Wildman–Crippen MR) is 92.9 cm³/mol. The van der Waals surface area contributed by atoms with Gasteiger partial charge in [-0.15, -0.1) is 10.2 Å². The second kappa shape index (κ2) is 9.04. The molecule has 25 heavy (non-hydrogen) atoms. The molecule has 5 nitrogen and oxygen atoms in total.